The van der Waals surface area contributed by atoms with Gasteiger partial charge in [0.25, 0.3) is 12.1 Å². The van der Waals surface area contributed by atoms with Gasteiger partial charge in [-0.2, -0.15) is 4.57 Å². The molecule has 0 radical (unpaired) electrons. The van der Waals surface area contributed by atoms with Crippen LogP contribution in [0.25, 0.3) is 0 Å². The molecule has 1 aliphatic heterocycles. The van der Waals surface area contributed by atoms with E-state index >= 15 is 0 Å². The van der Waals surface area contributed by atoms with Gasteiger partial charge in [-0.05, 0) is 6.07 Å². The molecule has 4 N–H and O–H groups in total. The minimum absolute atomic E-state index is 0. The topological polar surface area (TPSA) is 103 Å². The maximum absolute atomic E-state index is 11.5. The lowest BCUT2D eigenvalue weighted by Gasteiger charge is -2.10. The second-order valence-corrected chi connectivity index (χ2v) is 4.35. The highest BCUT2D eigenvalue weighted by molar-refractivity contribution is 5.93. The van der Waals surface area contributed by atoms with E-state index in [4.69, 9.17) is 9.84 Å². The Kier molecular flexibility index (Phi) is 5.85. The number of pyridine rings is 1. The van der Waals surface area contributed by atoms with Gasteiger partial charge in [0.2, 0.25) is 0 Å². The van der Waals surface area contributed by atoms with Crippen molar-refractivity contribution in [1.29, 1.82) is 0 Å². The van der Waals surface area contributed by atoms with E-state index < -0.39 is 24.5 Å². The molecule has 1 saturated heterocycles. The van der Waals surface area contributed by atoms with Crippen molar-refractivity contribution in [3.05, 3.63) is 30.1 Å². The van der Waals surface area contributed by atoms with E-state index in [9.17, 15) is 15.0 Å². The van der Waals surface area contributed by atoms with Crippen LogP contribution in [0.5, 0.6) is 0 Å². The van der Waals surface area contributed by atoms with Crippen molar-refractivity contribution in [3.8, 4) is 0 Å². The van der Waals surface area contributed by atoms with Crippen molar-refractivity contribution in [2.45, 2.75) is 24.5 Å². The Morgan fingerprint density at radius 1 is 1.45 bits per heavy atom. The van der Waals surface area contributed by atoms with E-state index in [0.29, 0.717) is 5.56 Å². The average Bonchev–Trinajstić information content (AvgIpc) is 2.74. The van der Waals surface area contributed by atoms with Crippen LogP contribution < -0.4 is 22.3 Å². The number of ether oxygens (including phenoxy) is 1. The molecule has 0 unspecified atom stereocenters. The van der Waals surface area contributed by atoms with Gasteiger partial charge in [-0.3, -0.25) is 4.79 Å². The summed E-state index contributed by atoms with van der Waals surface area (Å²) in [4.78, 5) is 11.5. The maximum atomic E-state index is 11.5. The van der Waals surface area contributed by atoms with Crippen LogP contribution in [0, 0.1) is 0 Å². The number of carbonyl (C=O) groups is 1. The molecule has 1 fully saturated rings. The van der Waals surface area contributed by atoms with Gasteiger partial charge in [0.1, 0.15) is 17.8 Å². The zero-order chi connectivity index (χ0) is 14.0. The van der Waals surface area contributed by atoms with Crippen molar-refractivity contribution in [2.75, 3.05) is 13.7 Å². The summed E-state index contributed by atoms with van der Waals surface area (Å²) in [5, 5.41) is 31.1. The van der Waals surface area contributed by atoms with Gasteiger partial charge < -0.3 is 37.8 Å². The lowest BCUT2D eigenvalue weighted by molar-refractivity contribution is -0.765. The van der Waals surface area contributed by atoms with E-state index in [1.54, 1.807) is 18.3 Å². The van der Waals surface area contributed by atoms with E-state index in [-0.39, 0.29) is 24.9 Å². The fourth-order valence-corrected chi connectivity index (χ4v) is 2.06. The van der Waals surface area contributed by atoms with Crippen LogP contribution in [0.4, 0.5) is 0 Å². The Morgan fingerprint density at radius 2 is 2.15 bits per heavy atom. The van der Waals surface area contributed by atoms with Crippen LogP contribution in [0.2, 0.25) is 0 Å². The van der Waals surface area contributed by atoms with Crippen molar-refractivity contribution in [3.63, 3.8) is 0 Å². The number of halogens is 1. The van der Waals surface area contributed by atoms with Crippen molar-refractivity contribution >= 4 is 5.91 Å². The van der Waals surface area contributed by atoms with E-state index in [0.717, 1.165) is 0 Å². The van der Waals surface area contributed by atoms with E-state index in [1.165, 1.54) is 17.8 Å². The number of amides is 1. The molecular formula is C12H17ClN2O5. The molecule has 8 heteroatoms. The van der Waals surface area contributed by atoms with Gasteiger partial charge in [0.05, 0.1) is 6.61 Å². The Hall–Kier alpha value is -1.25. The summed E-state index contributed by atoms with van der Waals surface area (Å²) in [6.07, 6.45) is -0.868. The third-order valence-electron chi connectivity index (χ3n) is 3.12. The molecule has 1 aliphatic rings. The normalized spacial score (nSPS) is 28.8. The van der Waals surface area contributed by atoms with Crippen molar-refractivity contribution < 1.29 is 41.8 Å². The van der Waals surface area contributed by atoms with Gasteiger partial charge in [-0.25, -0.2) is 0 Å². The van der Waals surface area contributed by atoms with E-state index in [2.05, 4.69) is 5.32 Å². The first-order valence-corrected chi connectivity index (χ1v) is 5.94. The molecule has 1 aromatic heterocycles. The summed E-state index contributed by atoms with van der Waals surface area (Å²) in [5.41, 5.74) is 0.405. The summed E-state index contributed by atoms with van der Waals surface area (Å²) in [6.45, 7) is -0.385. The maximum Gasteiger partial charge on any atom is 0.292 e. The molecule has 0 saturated carbocycles. The lowest BCUT2D eigenvalue weighted by Crippen LogP contribution is -3.00. The Balaban J connectivity index is 0.00000200. The summed E-state index contributed by atoms with van der Waals surface area (Å²) in [6, 6.07) is 3.26. The number of nitrogens with one attached hydrogen (secondary N) is 1. The van der Waals surface area contributed by atoms with Crippen molar-refractivity contribution in [2.24, 2.45) is 0 Å². The van der Waals surface area contributed by atoms with Crippen LogP contribution in [0.3, 0.4) is 0 Å². The molecule has 4 atom stereocenters. The second kappa shape index (κ2) is 6.96. The molecule has 0 bridgehead atoms. The second-order valence-electron chi connectivity index (χ2n) is 4.35. The van der Waals surface area contributed by atoms with E-state index in [1.807, 2.05) is 0 Å². The molecule has 0 aliphatic carbocycles. The number of hydrogen-bond acceptors (Lipinski definition) is 5. The monoisotopic (exact) mass is 304 g/mol. The van der Waals surface area contributed by atoms with Crippen LogP contribution in [0.15, 0.2) is 24.5 Å². The quantitative estimate of drug-likeness (QED) is 0.419. The van der Waals surface area contributed by atoms with Crippen LogP contribution >= 0.6 is 0 Å². The molecule has 112 valence electrons. The van der Waals surface area contributed by atoms with Gasteiger partial charge >= 0.3 is 0 Å². The molecule has 2 rings (SSSR count). The van der Waals surface area contributed by atoms with Crippen LogP contribution in [-0.2, 0) is 4.74 Å². The first-order chi connectivity index (χ1) is 9.08. The van der Waals surface area contributed by atoms with Crippen LogP contribution in [0.1, 0.15) is 16.6 Å². The molecule has 20 heavy (non-hydrogen) atoms. The molecule has 1 amide bonds. The smallest absolute Gasteiger partial charge is 0.292 e. The third-order valence-corrected chi connectivity index (χ3v) is 3.12. The number of hydrogen-bond donors (Lipinski definition) is 4. The third kappa shape index (κ3) is 3.08. The minimum atomic E-state index is -1.16. The number of aliphatic hydroxyl groups is 3. The number of nitrogens with zero attached hydrogens (tertiary/aromatic N) is 1. The minimum Gasteiger partial charge on any atom is -1.00 e. The lowest BCUT2D eigenvalue weighted by atomic mass is 10.1. The Morgan fingerprint density at radius 3 is 2.70 bits per heavy atom. The first-order valence-electron chi connectivity index (χ1n) is 5.94. The number of aliphatic hydroxyl groups excluding tert-OH is 3. The average molecular weight is 305 g/mol. The van der Waals surface area contributed by atoms with Gasteiger partial charge in [-0.1, -0.05) is 0 Å². The number of rotatable bonds is 3. The highest BCUT2D eigenvalue weighted by Crippen LogP contribution is 2.24. The number of aromatic nitrogens is 1. The number of carbonyl (C=O) groups excluding carboxylic acids is 1. The van der Waals surface area contributed by atoms with Gasteiger partial charge in [-0.15, -0.1) is 0 Å². The largest absolute Gasteiger partial charge is 1.00 e. The SMILES string of the molecule is CNC(=O)c1ccc[n+]([C@@H]2O[C@H](CO)[C@@H](O)[C@H]2O)c1.[Cl-]. The summed E-state index contributed by atoms with van der Waals surface area (Å²) in [5.74, 6) is -0.263. The zero-order valence-corrected chi connectivity index (χ0v) is 11.6. The standard InChI is InChI=1S/C12H16N2O5.ClH/c1-13-11(18)7-3-2-4-14(5-7)12-10(17)9(16)8(6-15)19-12;/h2-5,8-10,12,15-17H,6H2,1H3;1H/t8-,9-,10-,12-;/m1./s1. The fraction of sp³-hybridized carbons (Fsp3) is 0.500. The molecule has 2 heterocycles. The summed E-state index contributed by atoms with van der Waals surface area (Å²) in [7, 11) is 1.52. The highest BCUT2D eigenvalue weighted by Gasteiger charge is 2.47. The summed E-state index contributed by atoms with van der Waals surface area (Å²) < 4.78 is 6.86. The van der Waals surface area contributed by atoms with Gasteiger partial charge in [0.15, 0.2) is 18.5 Å². The Bertz CT molecular complexity index is 473. The van der Waals surface area contributed by atoms with Crippen molar-refractivity contribution in [1.82, 2.24) is 5.32 Å². The highest BCUT2D eigenvalue weighted by atomic mass is 35.5. The van der Waals surface area contributed by atoms with Crippen LogP contribution in [-0.4, -0.2) is 53.2 Å². The first kappa shape index (κ1) is 16.8. The molecule has 7 nitrogen and oxygen atoms in total. The fourth-order valence-electron chi connectivity index (χ4n) is 2.06. The zero-order valence-electron chi connectivity index (χ0n) is 10.8. The Labute approximate surface area is 122 Å². The van der Waals surface area contributed by atoms with Gasteiger partial charge in [0, 0.05) is 13.1 Å². The predicted molar refractivity (Wildman–Crippen MR) is 63.0 cm³/mol. The molecule has 0 aromatic carbocycles. The molecular weight excluding hydrogens is 288 g/mol. The summed E-state index contributed by atoms with van der Waals surface area (Å²) >= 11 is 0. The molecule has 0 spiro atoms. The predicted octanol–water partition coefficient (Wildman–Crippen LogP) is -5.05. The molecule has 1 aromatic rings.